The Morgan fingerprint density at radius 3 is 2.29 bits per heavy atom. The van der Waals surface area contributed by atoms with E-state index >= 15 is 0 Å². The zero-order valence-electron chi connectivity index (χ0n) is 11.8. The van der Waals surface area contributed by atoms with Gasteiger partial charge in [-0.2, -0.15) is 0 Å². The second-order valence-electron chi connectivity index (χ2n) is 5.56. The summed E-state index contributed by atoms with van der Waals surface area (Å²) in [5, 5.41) is 3.79. The van der Waals surface area contributed by atoms with Crippen molar-refractivity contribution in [2.24, 2.45) is 0 Å². The Bertz CT molecular complexity index is 605. The minimum atomic E-state index is 0.0715. The summed E-state index contributed by atoms with van der Waals surface area (Å²) in [6.45, 7) is 0. The lowest BCUT2D eigenvalue weighted by Gasteiger charge is -2.18. The van der Waals surface area contributed by atoms with E-state index in [1.54, 1.807) is 0 Å². The lowest BCUT2D eigenvalue weighted by molar-refractivity contribution is -0.121. The molecule has 1 aliphatic rings. The van der Waals surface area contributed by atoms with Crippen LogP contribution < -0.4 is 5.32 Å². The molecule has 1 atom stereocenters. The van der Waals surface area contributed by atoms with Crippen LogP contribution in [0, 0.1) is 0 Å². The van der Waals surface area contributed by atoms with Crippen molar-refractivity contribution in [1.29, 1.82) is 0 Å². The summed E-state index contributed by atoms with van der Waals surface area (Å²) < 4.78 is 0. The van der Waals surface area contributed by atoms with Crippen molar-refractivity contribution >= 4 is 17.5 Å². The van der Waals surface area contributed by atoms with Gasteiger partial charge in [-0.1, -0.05) is 54.1 Å². The Balaban J connectivity index is 1.83. The average molecular weight is 300 g/mol. The summed E-state index contributed by atoms with van der Waals surface area (Å²) >= 11 is 5.97. The quantitative estimate of drug-likeness (QED) is 0.883. The number of carbonyl (C=O) groups is 1. The molecule has 1 amide bonds. The van der Waals surface area contributed by atoms with Crippen LogP contribution in [-0.4, -0.2) is 11.9 Å². The first kappa shape index (κ1) is 14.2. The van der Waals surface area contributed by atoms with Crippen LogP contribution in [0.15, 0.2) is 54.6 Å². The van der Waals surface area contributed by atoms with Gasteiger partial charge < -0.3 is 5.32 Å². The molecular weight excluding hydrogens is 282 g/mol. The fourth-order valence-corrected chi connectivity index (χ4v) is 2.63. The summed E-state index contributed by atoms with van der Waals surface area (Å²) in [5.41, 5.74) is 2.28. The molecule has 0 heterocycles. The molecule has 0 aliphatic heterocycles. The Morgan fingerprint density at radius 2 is 1.67 bits per heavy atom. The Kier molecular flexibility index (Phi) is 4.26. The lowest BCUT2D eigenvalue weighted by atomic mass is 9.88. The van der Waals surface area contributed by atoms with Gasteiger partial charge in [0.1, 0.15) is 0 Å². The van der Waals surface area contributed by atoms with E-state index in [9.17, 15) is 4.79 Å². The van der Waals surface area contributed by atoms with E-state index in [0.717, 1.165) is 24.0 Å². The largest absolute Gasteiger partial charge is 0.353 e. The third-order valence-corrected chi connectivity index (χ3v) is 4.06. The second-order valence-corrected chi connectivity index (χ2v) is 6.00. The van der Waals surface area contributed by atoms with E-state index in [-0.39, 0.29) is 11.8 Å². The lowest BCUT2D eigenvalue weighted by Crippen LogP contribution is -2.27. The molecule has 1 N–H and O–H groups in total. The van der Waals surface area contributed by atoms with Crippen molar-refractivity contribution in [1.82, 2.24) is 5.32 Å². The summed E-state index contributed by atoms with van der Waals surface area (Å²) in [7, 11) is 0. The molecular formula is C18H18ClNO. The molecule has 3 heteroatoms. The summed E-state index contributed by atoms with van der Waals surface area (Å²) in [5.74, 6) is 0.198. The molecule has 1 saturated carbocycles. The number of amides is 1. The molecule has 2 aromatic carbocycles. The first-order valence-corrected chi connectivity index (χ1v) is 7.70. The Labute approximate surface area is 130 Å². The summed E-state index contributed by atoms with van der Waals surface area (Å²) in [4.78, 5) is 12.2. The smallest absolute Gasteiger partial charge is 0.221 e. The van der Waals surface area contributed by atoms with Crippen molar-refractivity contribution < 1.29 is 4.79 Å². The zero-order valence-corrected chi connectivity index (χ0v) is 12.5. The van der Waals surface area contributed by atoms with E-state index < -0.39 is 0 Å². The number of nitrogens with one attached hydrogen (secondary N) is 1. The first-order valence-electron chi connectivity index (χ1n) is 7.32. The second kappa shape index (κ2) is 6.31. The predicted molar refractivity (Wildman–Crippen MR) is 85.5 cm³/mol. The van der Waals surface area contributed by atoms with Crippen LogP contribution in [-0.2, 0) is 4.79 Å². The number of hydrogen-bond donors (Lipinski definition) is 1. The van der Waals surface area contributed by atoms with Crippen LogP contribution in [0.2, 0.25) is 5.02 Å². The maximum absolute atomic E-state index is 12.2. The van der Waals surface area contributed by atoms with E-state index in [0.29, 0.717) is 17.5 Å². The molecule has 2 aromatic rings. The highest BCUT2D eigenvalue weighted by molar-refractivity contribution is 6.30. The SMILES string of the molecule is O=C(C[C@@H](c1ccccc1)c1ccc(Cl)cc1)NC1CC1. The van der Waals surface area contributed by atoms with Gasteiger partial charge in [0.05, 0.1) is 0 Å². The van der Waals surface area contributed by atoms with Crippen LogP contribution in [0.1, 0.15) is 36.3 Å². The van der Waals surface area contributed by atoms with Gasteiger partial charge in [0.2, 0.25) is 5.91 Å². The molecule has 3 rings (SSSR count). The average Bonchev–Trinajstić information content (AvgIpc) is 3.31. The standard InChI is InChI=1S/C18H18ClNO/c19-15-8-6-14(7-9-15)17(13-4-2-1-3-5-13)12-18(21)20-16-10-11-16/h1-9,16-17H,10-12H2,(H,20,21)/t17-/m0/s1. The molecule has 0 unspecified atom stereocenters. The van der Waals surface area contributed by atoms with Crippen LogP contribution in [0.5, 0.6) is 0 Å². The van der Waals surface area contributed by atoms with Gasteiger partial charge in [-0.15, -0.1) is 0 Å². The van der Waals surface area contributed by atoms with Crippen molar-refractivity contribution in [2.45, 2.75) is 31.2 Å². The molecule has 21 heavy (non-hydrogen) atoms. The molecule has 0 spiro atoms. The fraction of sp³-hybridized carbons (Fsp3) is 0.278. The number of carbonyl (C=O) groups excluding carboxylic acids is 1. The van der Waals surface area contributed by atoms with Crippen LogP contribution >= 0.6 is 11.6 Å². The maximum atomic E-state index is 12.2. The van der Waals surface area contributed by atoms with Crippen LogP contribution in [0.25, 0.3) is 0 Å². The van der Waals surface area contributed by atoms with E-state index in [2.05, 4.69) is 17.4 Å². The van der Waals surface area contributed by atoms with Gasteiger partial charge in [-0.25, -0.2) is 0 Å². The molecule has 1 fully saturated rings. The highest BCUT2D eigenvalue weighted by atomic mass is 35.5. The molecule has 1 aliphatic carbocycles. The number of benzene rings is 2. The summed E-state index contributed by atoms with van der Waals surface area (Å²) in [6.07, 6.45) is 2.70. The Hall–Kier alpha value is -1.80. The number of rotatable bonds is 5. The van der Waals surface area contributed by atoms with E-state index in [1.807, 2.05) is 42.5 Å². The zero-order chi connectivity index (χ0) is 14.7. The Morgan fingerprint density at radius 1 is 1.05 bits per heavy atom. The van der Waals surface area contributed by atoms with Crippen molar-refractivity contribution in [3.05, 3.63) is 70.7 Å². The molecule has 2 nitrogen and oxygen atoms in total. The van der Waals surface area contributed by atoms with Crippen molar-refractivity contribution in [3.63, 3.8) is 0 Å². The molecule has 0 saturated heterocycles. The van der Waals surface area contributed by atoms with Crippen LogP contribution in [0.3, 0.4) is 0 Å². The minimum Gasteiger partial charge on any atom is -0.353 e. The first-order chi connectivity index (χ1) is 10.2. The minimum absolute atomic E-state index is 0.0715. The molecule has 0 aromatic heterocycles. The van der Waals surface area contributed by atoms with Crippen molar-refractivity contribution in [3.8, 4) is 0 Å². The van der Waals surface area contributed by atoms with E-state index in [4.69, 9.17) is 11.6 Å². The monoisotopic (exact) mass is 299 g/mol. The topological polar surface area (TPSA) is 29.1 Å². The summed E-state index contributed by atoms with van der Waals surface area (Å²) in [6, 6.07) is 18.3. The molecule has 0 radical (unpaired) electrons. The molecule has 108 valence electrons. The highest BCUT2D eigenvalue weighted by Gasteiger charge is 2.25. The van der Waals surface area contributed by atoms with Gasteiger partial charge in [-0.05, 0) is 36.1 Å². The third kappa shape index (κ3) is 3.85. The van der Waals surface area contributed by atoms with Gasteiger partial charge >= 0.3 is 0 Å². The van der Waals surface area contributed by atoms with Crippen molar-refractivity contribution in [2.75, 3.05) is 0 Å². The van der Waals surface area contributed by atoms with Gasteiger partial charge in [0.15, 0.2) is 0 Å². The number of hydrogen-bond acceptors (Lipinski definition) is 1. The van der Waals surface area contributed by atoms with Gasteiger partial charge in [0, 0.05) is 23.4 Å². The van der Waals surface area contributed by atoms with Gasteiger partial charge in [0.25, 0.3) is 0 Å². The normalized spacial score (nSPS) is 15.5. The number of halogens is 1. The maximum Gasteiger partial charge on any atom is 0.221 e. The molecule has 0 bridgehead atoms. The fourth-order valence-electron chi connectivity index (χ4n) is 2.51. The highest BCUT2D eigenvalue weighted by Crippen LogP contribution is 2.29. The predicted octanol–water partition coefficient (Wildman–Crippen LogP) is 4.14. The van der Waals surface area contributed by atoms with Gasteiger partial charge in [-0.3, -0.25) is 4.79 Å². The third-order valence-electron chi connectivity index (χ3n) is 3.81. The van der Waals surface area contributed by atoms with Crippen LogP contribution in [0.4, 0.5) is 0 Å². The van der Waals surface area contributed by atoms with E-state index in [1.165, 1.54) is 0 Å².